The van der Waals surface area contributed by atoms with E-state index in [0.29, 0.717) is 11.1 Å². The molecule has 1 aromatic heterocycles. The summed E-state index contributed by atoms with van der Waals surface area (Å²) in [5.74, 6) is -1.08. The highest BCUT2D eigenvalue weighted by Crippen LogP contribution is 2.31. The number of hydrogen-bond donors (Lipinski definition) is 0. The van der Waals surface area contributed by atoms with Crippen LogP contribution in [-0.2, 0) is 4.74 Å². The van der Waals surface area contributed by atoms with E-state index in [-0.39, 0.29) is 28.0 Å². The number of Topliss-reactive ketones (excluding diaryl/α,β-unsaturated/α-hetero) is 1. The van der Waals surface area contributed by atoms with Crippen LogP contribution in [0.15, 0.2) is 63.5 Å². The Kier molecular flexibility index (Phi) is 5.91. The Morgan fingerprint density at radius 3 is 2.50 bits per heavy atom. The molecular weight excluding hydrogens is 454 g/mol. The number of rotatable bonds is 6. The Labute approximate surface area is 172 Å². The number of ether oxygens (including phenoxy) is 1. The van der Waals surface area contributed by atoms with E-state index in [9.17, 15) is 19.7 Å². The normalized spacial score (nSPS) is 10.5. The minimum atomic E-state index is -0.819. The van der Waals surface area contributed by atoms with E-state index < -0.39 is 17.5 Å². The minimum absolute atomic E-state index is 0.00797. The molecule has 3 rings (SSSR count). The molecule has 0 bridgehead atoms. The summed E-state index contributed by atoms with van der Waals surface area (Å²) in [4.78, 5) is 34.5. The van der Waals surface area contributed by atoms with E-state index >= 15 is 0 Å². The third-order valence-electron chi connectivity index (χ3n) is 3.74. The average Bonchev–Trinajstić information content (AvgIpc) is 3.17. The Bertz CT molecular complexity index is 1060. The van der Waals surface area contributed by atoms with Crippen LogP contribution in [0.25, 0.3) is 11.3 Å². The number of hydrogen-bond acceptors (Lipinski definition) is 6. The lowest BCUT2D eigenvalue weighted by atomic mass is 10.1. The van der Waals surface area contributed by atoms with E-state index in [4.69, 9.17) is 20.8 Å². The molecule has 0 aliphatic heterocycles. The van der Waals surface area contributed by atoms with Gasteiger partial charge >= 0.3 is 5.97 Å². The first-order valence-corrected chi connectivity index (χ1v) is 9.02. The molecule has 0 saturated carbocycles. The van der Waals surface area contributed by atoms with Crippen LogP contribution in [-0.4, -0.2) is 23.3 Å². The van der Waals surface area contributed by atoms with Crippen LogP contribution >= 0.6 is 27.5 Å². The Morgan fingerprint density at radius 2 is 1.82 bits per heavy atom. The maximum atomic E-state index is 12.1. The molecule has 0 aliphatic carbocycles. The highest BCUT2D eigenvalue weighted by atomic mass is 79.9. The van der Waals surface area contributed by atoms with Gasteiger partial charge in [0.1, 0.15) is 10.8 Å². The summed E-state index contributed by atoms with van der Waals surface area (Å²) < 4.78 is 11.2. The van der Waals surface area contributed by atoms with E-state index in [1.54, 1.807) is 24.3 Å². The topological polar surface area (TPSA) is 99.7 Å². The summed E-state index contributed by atoms with van der Waals surface area (Å²) in [5, 5.41) is 11.0. The van der Waals surface area contributed by atoms with Crippen molar-refractivity contribution >= 4 is 45.0 Å². The van der Waals surface area contributed by atoms with Crippen molar-refractivity contribution in [2.75, 3.05) is 6.61 Å². The lowest BCUT2D eigenvalue weighted by Gasteiger charge is -2.03. The van der Waals surface area contributed by atoms with Gasteiger partial charge in [-0.1, -0.05) is 39.7 Å². The number of nitro benzene ring substituents is 1. The van der Waals surface area contributed by atoms with E-state index in [2.05, 4.69) is 15.9 Å². The quantitative estimate of drug-likeness (QED) is 0.212. The predicted octanol–water partition coefficient (Wildman–Crippen LogP) is 5.31. The van der Waals surface area contributed by atoms with Crippen LogP contribution in [0.5, 0.6) is 0 Å². The molecule has 0 N–H and O–H groups in total. The van der Waals surface area contributed by atoms with Gasteiger partial charge in [-0.2, -0.15) is 0 Å². The van der Waals surface area contributed by atoms with Crippen molar-refractivity contribution in [3.05, 3.63) is 85.5 Å². The summed E-state index contributed by atoms with van der Waals surface area (Å²) in [5.41, 5.74) is 0.505. The number of esters is 1. The second-order valence-electron chi connectivity index (χ2n) is 5.59. The average molecular weight is 465 g/mol. The van der Waals surface area contributed by atoms with Gasteiger partial charge in [-0.25, -0.2) is 4.79 Å². The third-order valence-corrected chi connectivity index (χ3v) is 4.58. The number of nitrogens with zero attached hydrogens (tertiary/aromatic N) is 1. The molecule has 0 fully saturated rings. The Morgan fingerprint density at radius 1 is 1.11 bits per heavy atom. The molecule has 0 saturated heterocycles. The molecule has 0 amide bonds. The molecule has 0 aliphatic rings. The van der Waals surface area contributed by atoms with Gasteiger partial charge in [0.05, 0.1) is 4.92 Å². The Balaban J connectivity index is 1.69. The van der Waals surface area contributed by atoms with Gasteiger partial charge in [0.15, 0.2) is 12.4 Å². The van der Waals surface area contributed by atoms with Crippen molar-refractivity contribution in [1.29, 1.82) is 0 Å². The van der Waals surface area contributed by atoms with Crippen molar-refractivity contribution in [2.45, 2.75) is 0 Å². The van der Waals surface area contributed by atoms with Crippen LogP contribution in [0.1, 0.15) is 20.9 Å². The molecule has 1 heterocycles. The number of halogens is 2. The van der Waals surface area contributed by atoms with Gasteiger partial charge in [0, 0.05) is 21.7 Å². The van der Waals surface area contributed by atoms with Crippen molar-refractivity contribution < 1.29 is 23.7 Å². The number of nitro groups is 1. The van der Waals surface area contributed by atoms with Crippen LogP contribution in [0.2, 0.25) is 5.02 Å². The van der Waals surface area contributed by atoms with Crippen molar-refractivity contribution in [2.24, 2.45) is 0 Å². The number of ketones is 1. The molecule has 142 valence electrons. The van der Waals surface area contributed by atoms with Crippen molar-refractivity contribution in [1.82, 2.24) is 0 Å². The SMILES string of the molecule is O=C(COC(=O)c1ccc(-c2ccc(Cl)c([N+](=O)[O-])c2)o1)c1ccc(Br)cc1. The third kappa shape index (κ3) is 4.47. The minimum Gasteiger partial charge on any atom is -0.451 e. The first-order valence-electron chi connectivity index (χ1n) is 7.85. The summed E-state index contributed by atoms with van der Waals surface area (Å²) in [6.07, 6.45) is 0. The van der Waals surface area contributed by atoms with Crippen LogP contribution in [0, 0.1) is 10.1 Å². The largest absolute Gasteiger partial charge is 0.451 e. The fraction of sp³-hybridized carbons (Fsp3) is 0.0526. The zero-order chi connectivity index (χ0) is 20.3. The van der Waals surface area contributed by atoms with Crippen LogP contribution < -0.4 is 0 Å². The monoisotopic (exact) mass is 463 g/mol. The zero-order valence-electron chi connectivity index (χ0n) is 14.1. The summed E-state index contributed by atoms with van der Waals surface area (Å²) in [7, 11) is 0. The highest BCUT2D eigenvalue weighted by molar-refractivity contribution is 9.10. The van der Waals surface area contributed by atoms with Gasteiger partial charge in [0.2, 0.25) is 5.76 Å². The molecule has 0 unspecified atom stereocenters. The molecular formula is C19H11BrClNO6. The number of benzene rings is 2. The molecule has 0 spiro atoms. The maximum absolute atomic E-state index is 12.1. The van der Waals surface area contributed by atoms with Gasteiger partial charge in [0.25, 0.3) is 5.69 Å². The molecule has 0 atom stereocenters. The van der Waals surface area contributed by atoms with E-state index in [0.717, 1.165) is 4.47 Å². The molecule has 7 nitrogen and oxygen atoms in total. The van der Waals surface area contributed by atoms with Gasteiger partial charge in [-0.15, -0.1) is 0 Å². The van der Waals surface area contributed by atoms with Crippen molar-refractivity contribution in [3.8, 4) is 11.3 Å². The Hall–Kier alpha value is -2.97. The maximum Gasteiger partial charge on any atom is 0.374 e. The summed E-state index contributed by atoms with van der Waals surface area (Å²) >= 11 is 9.05. The van der Waals surface area contributed by atoms with Gasteiger partial charge in [-0.05, 0) is 36.4 Å². The molecule has 2 aromatic carbocycles. The van der Waals surface area contributed by atoms with Crippen molar-refractivity contribution in [3.63, 3.8) is 0 Å². The fourth-order valence-electron chi connectivity index (χ4n) is 2.33. The molecule has 0 radical (unpaired) electrons. The zero-order valence-corrected chi connectivity index (χ0v) is 16.4. The summed E-state index contributed by atoms with van der Waals surface area (Å²) in [6.45, 7) is -0.442. The highest BCUT2D eigenvalue weighted by Gasteiger charge is 2.18. The second kappa shape index (κ2) is 8.37. The standard InChI is InChI=1S/C19H11BrClNO6/c20-13-4-1-11(2-5-13)16(23)10-27-19(24)18-8-7-17(28-18)12-3-6-14(21)15(9-12)22(25)26/h1-9H,10H2. The van der Waals surface area contributed by atoms with Crippen LogP contribution in [0.3, 0.4) is 0 Å². The van der Waals surface area contributed by atoms with Gasteiger partial charge in [-0.3, -0.25) is 14.9 Å². The predicted molar refractivity (Wildman–Crippen MR) is 105 cm³/mol. The van der Waals surface area contributed by atoms with E-state index in [1.807, 2.05) is 0 Å². The number of furan rings is 1. The smallest absolute Gasteiger partial charge is 0.374 e. The molecule has 3 aromatic rings. The first kappa shape index (κ1) is 19.8. The fourth-order valence-corrected chi connectivity index (χ4v) is 2.78. The summed E-state index contributed by atoms with van der Waals surface area (Å²) in [6, 6.07) is 13.6. The van der Waals surface area contributed by atoms with E-state index in [1.165, 1.54) is 30.3 Å². The molecule has 9 heteroatoms. The van der Waals surface area contributed by atoms with Crippen LogP contribution in [0.4, 0.5) is 5.69 Å². The lowest BCUT2D eigenvalue weighted by molar-refractivity contribution is -0.384. The first-order chi connectivity index (χ1) is 13.3. The van der Waals surface area contributed by atoms with Gasteiger partial charge < -0.3 is 9.15 Å². The second-order valence-corrected chi connectivity index (χ2v) is 6.92. The number of carbonyl (C=O) groups is 2. The molecule has 28 heavy (non-hydrogen) atoms. The number of carbonyl (C=O) groups excluding carboxylic acids is 2. The lowest BCUT2D eigenvalue weighted by Crippen LogP contribution is -2.13.